The van der Waals surface area contributed by atoms with Gasteiger partial charge in [-0.2, -0.15) is 5.10 Å². The highest BCUT2D eigenvalue weighted by Crippen LogP contribution is 2.37. The Balaban J connectivity index is 1.42. The molecule has 9 heteroatoms. The van der Waals surface area contributed by atoms with Crippen LogP contribution in [0.2, 0.25) is 0 Å². The van der Waals surface area contributed by atoms with Crippen LogP contribution in [0, 0.1) is 18.8 Å². The molecule has 1 saturated heterocycles. The van der Waals surface area contributed by atoms with Gasteiger partial charge in [-0.1, -0.05) is 11.6 Å². The Morgan fingerprint density at radius 2 is 2.04 bits per heavy atom. The zero-order valence-corrected chi connectivity index (χ0v) is 15.1. The minimum absolute atomic E-state index is 0.0251. The van der Waals surface area contributed by atoms with E-state index in [1.165, 1.54) is 15.7 Å². The number of amides is 1. The molecule has 9 nitrogen and oxygen atoms in total. The van der Waals surface area contributed by atoms with E-state index in [1.807, 2.05) is 0 Å². The van der Waals surface area contributed by atoms with Crippen molar-refractivity contribution in [2.24, 2.45) is 11.8 Å². The van der Waals surface area contributed by atoms with E-state index in [0.29, 0.717) is 49.4 Å². The molecular weight excluding hydrogens is 350 g/mol. The predicted octanol–water partition coefficient (Wildman–Crippen LogP) is 0.371. The summed E-state index contributed by atoms with van der Waals surface area (Å²) in [7, 11) is 0. The van der Waals surface area contributed by atoms with Crippen LogP contribution in [0.25, 0.3) is 0 Å². The van der Waals surface area contributed by atoms with Crippen molar-refractivity contribution in [3.63, 3.8) is 0 Å². The molecule has 2 fully saturated rings. The third-order valence-corrected chi connectivity index (χ3v) is 6.14. The summed E-state index contributed by atoms with van der Waals surface area (Å²) in [6.07, 6.45) is 3.34. The number of carbonyl (C=O) groups excluding carboxylic acids is 1. The molecule has 27 heavy (non-hydrogen) atoms. The molecule has 2 aromatic rings. The Kier molecular flexibility index (Phi) is 3.60. The number of likely N-dealkylation sites (tertiary alicyclic amines) is 1. The first-order chi connectivity index (χ1) is 13.0. The maximum Gasteiger partial charge on any atom is 0.332 e. The first kappa shape index (κ1) is 16.5. The van der Waals surface area contributed by atoms with E-state index < -0.39 is 11.1 Å². The number of hydrogen-bond acceptors (Lipinski definition) is 6. The van der Waals surface area contributed by atoms with Gasteiger partial charge < -0.3 is 9.42 Å². The summed E-state index contributed by atoms with van der Waals surface area (Å²) < 4.78 is 7.86. The Morgan fingerprint density at radius 3 is 2.70 bits per heavy atom. The monoisotopic (exact) mass is 371 g/mol. The number of hydrogen-bond donors (Lipinski definition) is 0. The molecule has 5 rings (SSSR count). The van der Waals surface area contributed by atoms with Crippen molar-refractivity contribution in [2.45, 2.75) is 45.2 Å². The van der Waals surface area contributed by atoms with E-state index in [-0.39, 0.29) is 17.7 Å². The molecule has 3 aliphatic rings. The van der Waals surface area contributed by atoms with Gasteiger partial charge in [0.25, 0.3) is 5.91 Å². The first-order valence-electron chi connectivity index (χ1n) is 9.45. The molecule has 0 N–H and O–H groups in total. The lowest BCUT2D eigenvalue weighted by Gasteiger charge is -2.25. The maximum absolute atomic E-state index is 12.6. The molecule has 0 aromatic carbocycles. The van der Waals surface area contributed by atoms with Gasteiger partial charge in [-0.3, -0.25) is 19.0 Å². The predicted molar refractivity (Wildman–Crippen MR) is 93.5 cm³/mol. The van der Waals surface area contributed by atoms with E-state index in [2.05, 4.69) is 10.3 Å². The zero-order valence-electron chi connectivity index (χ0n) is 15.1. The molecule has 0 spiro atoms. The van der Waals surface area contributed by atoms with Gasteiger partial charge in [0.1, 0.15) is 11.6 Å². The standard InChI is InChI=1S/C18H21N5O4/c1-10-5-14(20-27-10)16(24)21-7-12-8-22-15(13(12)9-21)19-23(18(26)17(22)25)6-11-3-2-4-11/h5,11-13H,2-4,6-9H2,1H3/t12-,13-/m0/s1. The first-order valence-corrected chi connectivity index (χ1v) is 9.45. The number of carbonyl (C=O) groups is 1. The maximum atomic E-state index is 12.6. The van der Waals surface area contributed by atoms with Crippen LogP contribution >= 0.6 is 0 Å². The van der Waals surface area contributed by atoms with Crippen LogP contribution in [0.4, 0.5) is 0 Å². The quantitative estimate of drug-likeness (QED) is 0.722. The molecule has 142 valence electrons. The minimum Gasteiger partial charge on any atom is -0.361 e. The van der Waals surface area contributed by atoms with Gasteiger partial charge in [0.15, 0.2) is 5.69 Å². The summed E-state index contributed by atoms with van der Waals surface area (Å²) in [6.45, 7) is 3.70. The lowest BCUT2D eigenvalue weighted by molar-refractivity contribution is 0.0772. The lowest BCUT2D eigenvalue weighted by atomic mass is 9.85. The molecule has 2 aliphatic heterocycles. The Hall–Kier alpha value is -2.71. The summed E-state index contributed by atoms with van der Waals surface area (Å²) in [5.41, 5.74) is -0.719. The molecule has 1 saturated carbocycles. The summed E-state index contributed by atoms with van der Waals surface area (Å²) in [5.74, 6) is 1.57. The molecule has 4 heterocycles. The Bertz CT molecular complexity index is 1030. The molecule has 0 radical (unpaired) electrons. The van der Waals surface area contributed by atoms with Crippen LogP contribution in [0.1, 0.15) is 47.3 Å². The van der Waals surface area contributed by atoms with Crippen molar-refractivity contribution < 1.29 is 9.32 Å². The zero-order chi connectivity index (χ0) is 18.7. The van der Waals surface area contributed by atoms with E-state index in [1.54, 1.807) is 17.9 Å². The number of rotatable bonds is 3. The van der Waals surface area contributed by atoms with Crippen LogP contribution in [0.3, 0.4) is 0 Å². The number of nitrogens with zero attached hydrogens (tertiary/aromatic N) is 5. The molecule has 0 unspecified atom stereocenters. The third-order valence-electron chi connectivity index (χ3n) is 6.14. The number of aromatic nitrogens is 4. The highest BCUT2D eigenvalue weighted by Gasteiger charge is 2.44. The van der Waals surface area contributed by atoms with Crippen molar-refractivity contribution in [2.75, 3.05) is 13.1 Å². The summed E-state index contributed by atoms with van der Waals surface area (Å²) >= 11 is 0. The van der Waals surface area contributed by atoms with Gasteiger partial charge >= 0.3 is 11.1 Å². The van der Waals surface area contributed by atoms with Crippen LogP contribution in [-0.2, 0) is 13.1 Å². The van der Waals surface area contributed by atoms with Crippen LogP contribution in [0.15, 0.2) is 20.2 Å². The van der Waals surface area contributed by atoms with Crippen LogP contribution < -0.4 is 11.1 Å². The fourth-order valence-electron chi connectivity index (χ4n) is 4.43. The third kappa shape index (κ3) is 2.55. The van der Waals surface area contributed by atoms with Crippen LogP contribution in [-0.4, -0.2) is 43.4 Å². The van der Waals surface area contributed by atoms with Crippen molar-refractivity contribution >= 4 is 5.91 Å². The second-order valence-corrected chi connectivity index (χ2v) is 7.96. The molecule has 1 aliphatic carbocycles. The van der Waals surface area contributed by atoms with E-state index in [4.69, 9.17) is 4.52 Å². The highest BCUT2D eigenvalue weighted by atomic mass is 16.5. The molecule has 0 bridgehead atoms. The average molecular weight is 371 g/mol. The van der Waals surface area contributed by atoms with Gasteiger partial charge in [-0.05, 0) is 25.7 Å². The largest absolute Gasteiger partial charge is 0.361 e. The Morgan fingerprint density at radius 1 is 1.22 bits per heavy atom. The topological polar surface area (TPSA) is 103 Å². The van der Waals surface area contributed by atoms with Gasteiger partial charge in [-0.15, -0.1) is 0 Å². The summed E-state index contributed by atoms with van der Waals surface area (Å²) in [4.78, 5) is 39.3. The normalized spacial score (nSPS) is 24.0. The number of fused-ring (bicyclic) bond motifs is 3. The minimum atomic E-state index is -0.531. The molecule has 2 atom stereocenters. The molecular formula is C18H21N5O4. The SMILES string of the molecule is Cc1cc(C(=O)N2C[C@H]3Cn4c(nn(CC5CCC5)c(=O)c4=O)[C@H]3C2)no1. The van der Waals surface area contributed by atoms with Crippen molar-refractivity contribution in [1.82, 2.24) is 24.4 Å². The summed E-state index contributed by atoms with van der Waals surface area (Å²) in [5, 5.41) is 8.35. The number of aryl methyl sites for hydroxylation is 1. The van der Waals surface area contributed by atoms with E-state index in [0.717, 1.165) is 12.8 Å². The van der Waals surface area contributed by atoms with E-state index in [9.17, 15) is 14.4 Å². The summed E-state index contributed by atoms with van der Waals surface area (Å²) in [6, 6.07) is 1.63. The van der Waals surface area contributed by atoms with Crippen molar-refractivity contribution in [3.05, 3.63) is 44.1 Å². The molecule has 1 amide bonds. The van der Waals surface area contributed by atoms with Gasteiger partial charge in [0, 0.05) is 44.1 Å². The van der Waals surface area contributed by atoms with Gasteiger partial charge in [-0.25, -0.2) is 4.68 Å². The van der Waals surface area contributed by atoms with Gasteiger partial charge in [0.2, 0.25) is 0 Å². The molecule has 2 aromatic heterocycles. The second-order valence-electron chi connectivity index (χ2n) is 7.96. The second kappa shape index (κ2) is 5.90. The highest BCUT2D eigenvalue weighted by molar-refractivity contribution is 5.92. The van der Waals surface area contributed by atoms with Gasteiger partial charge in [0.05, 0.1) is 0 Å². The Labute approximate surface area is 154 Å². The fourth-order valence-corrected chi connectivity index (χ4v) is 4.43. The van der Waals surface area contributed by atoms with Crippen molar-refractivity contribution in [3.8, 4) is 0 Å². The average Bonchev–Trinajstić information content (AvgIpc) is 3.29. The smallest absolute Gasteiger partial charge is 0.332 e. The lowest BCUT2D eigenvalue weighted by Crippen LogP contribution is -2.45. The van der Waals surface area contributed by atoms with Crippen LogP contribution in [0.5, 0.6) is 0 Å². The fraction of sp³-hybridized carbons (Fsp3) is 0.611. The van der Waals surface area contributed by atoms with Crippen molar-refractivity contribution in [1.29, 1.82) is 0 Å². The van der Waals surface area contributed by atoms with E-state index >= 15 is 0 Å².